The predicted octanol–water partition coefficient (Wildman–Crippen LogP) is 3.65. The second-order valence-electron chi connectivity index (χ2n) is 3.27. The molecular weight excluding hydrogens is 272 g/mol. The minimum absolute atomic E-state index is 0.347. The highest BCUT2D eigenvalue weighted by atomic mass is 35.5. The van der Waals surface area contributed by atoms with Crippen LogP contribution in [-0.4, -0.2) is 23.3 Å². The molecule has 4 nitrogen and oxygen atoms in total. The summed E-state index contributed by atoms with van der Waals surface area (Å²) in [4.78, 5) is 8.25. The van der Waals surface area contributed by atoms with Gasteiger partial charge in [0.2, 0.25) is 5.88 Å². The Labute approximate surface area is 114 Å². The van der Waals surface area contributed by atoms with Gasteiger partial charge in [0.25, 0.3) is 0 Å². The third-order valence-electron chi connectivity index (χ3n) is 2.12. The maximum Gasteiger partial charge on any atom is 0.224 e. The monoisotopic (exact) mass is 282 g/mol. The van der Waals surface area contributed by atoms with E-state index in [2.05, 4.69) is 9.97 Å². The molecule has 0 radical (unpaired) electrons. The molecule has 0 aliphatic rings. The van der Waals surface area contributed by atoms with E-state index < -0.39 is 0 Å². The van der Waals surface area contributed by atoms with Crippen molar-refractivity contribution >= 4 is 23.4 Å². The maximum atomic E-state index is 5.89. The molecule has 1 aromatic heterocycles. The van der Waals surface area contributed by atoms with Crippen LogP contribution >= 0.6 is 23.4 Å². The largest absolute Gasteiger partial charge is 0.493 e. The maximum absolute atomic E-state index is 5.89. The van der Waals surface area contributed by atoms with Crippen LogP contribution in [0.25, 0.3) is 0 Å². The Balaban J connectivity index is 2.30. The molecule has 94 valence electrons. The fraction of sp³-hybridized carbons (Fsp3) is 0.167. The summed E-state index contributed by atoms with van der Waals surface area (Å²) in [6.45, 7) is 0. The number of halogens is 1. The molecule has 0 bridgehead atoms. The van der Waals surface area contributed by atoms with Crippen molar-refractivity contribution in [3.8, 4) is 17.4 Å². The van der Waals surface area contributed by atoms with Gasteiger partial charge in [-0.05, 0) is 18.4 Å². The first-order chi connectivity index (χ1) is 8.72. The third-order valence-corrected chi connectivity index (χ3v) is 2.86. The van der Waals surface area contributed by atoms with E-state index in [1.807, 2.05) is 24.5 Å². The highest BCUT2D eigenvalue weighted by Gasteiger charge is 2.08. The molecule has 1 heterocycles. The van der Waals surface area contributed by atoms with Crippen molar-refractivity contribution in [3.05, 3.63) is 35.5 Å². The highest BCUT2D eigenvalue weighted by Crippen LogP contribution is 2.31. The molecule has 0 aliphatic heterocycles. The van der Waals surface area contributed by atoms with Crippen molar-refractivity contribution in [3.63, 3.8) is 0 Å². The van der Waals surface area contributed by atoms with Crippen LogP contribution in [0.2, 0.25) is 5.15 Å². The zero-order chi connectivity index (χ0) is 13.0. The molecule has 0 aliphatic carbocycles. The summed E-state index contributed by atoms with van der Waals surface area (Å²) in [5.74, 6) is 1.61. The number of benzene rings is 1. The van der Waals surface area contributed by atoms with Gasteiger partial charge in [0.15, 0.2) is 16.7 Å². The second-order valence-corrected chi connectivity index (χ2v) is 4.43. The van der Waals surface area contributed by atoms with Crippen LogP contribution in [0.3, 0.4) is 0 Å². The Kier molecular flexibility index (Phi) is 4.28. The normalized spacial score (nSPS) is 10.2. The summed E-state index contributed by atoms with van der Waals surface area (Å²) in [6, 6.07) is 8.90. The predicted molar refractivity (Wildman–Crippen MR) is 71.9 cm³/mol. The van der Waals surface area contributed by atoms with Crippen LogP contribution in [0.5, 0.6) is 17.4 Å². The number of nitrogens with zero attached hydrogens (tertiary/aromatic N) is 2. The average molecular weight is 283 g/mol. The number of rotatable bonds is 4. The zero-order valence-corrected chi connectivity index (χ0v) is 11.5. The lowest BCUT2D eigenvalue weighted by Gasteiger charge is -2.09. The topological polar surface area (TPSA) is 44.2 Å². The van der Waals surface area contributed by atoms with E-state index in [4.69, 9.17) is 21.1 Å². The van der Waals surface area contributed by atoms with Crippen molar-refractivity contribution < 1.29 is 9.47 Å². The molecule has 0 N–H and O–H groups in total. The molecule has 0 spiro atoms. The lowest BCUT2D eigenvalue weighted by molar-refractivity contribution is 0.372. The SMILES string of the molecule is COc1ccccc1Oc1cc(Cl)nc(SC)n1. The third kappa shape index (κ3) is 3.05. The Morgan fingerprint density at radius 1 is 1.17 bits per heavy atom. The molecule has 6 heteroatoms. The zero-order valence-electron chi connectivity index (χ0n) is 9.88. The van der Waals surface area contributed by atoms with Crippen LogP contribution in [0, 0.1) is 0 Å². The van der Waals surface area contributed by atoms with Crippen LogP contribution in [0.4, 0.5) is 0 Å². The standard InChI is InChI=1S/C12H11ClN2O2S/c1-16-8-5-3-4-6-9(8)17-11-7-10(13)14-12(15-11)18-2/h3-7H,1-2H3. The molecular formula is C12H11ClN2O2S. The van der Waals surface area contributed by atoms with E-state index in [0.29, 0.717) is 27.7 Å². The van der Waals surface area contributed by atoms with E-state index in [9.17, 15) is 0 Å². The van der Waals surface area contributed by atoms with E-state index in [1.54, 1.807) is 19.2 Å². The lowest BCUT2D eigenvalue weighted by atomic mass is 10.3. The highest BCUT2D eigenvalue weighted by molar-refractivity contribution is 7.98. The summed E-state index contributed by atoms with van der Waals surface area (Å²) in [6.07, 6.45) is 1.87. The van der Waals surface area contributed by atoms with Crippen LogP contribution in [0.1, 0.15) is 0 Å². The number of methoxy groups -OCH3 is 1. The number of para-hydroxylation sites is 2. The van der Waals surface area contributed by atoms with Crippen molar-refractivity contribution in [1.82, 2.24) is 9.97 Å². The Hall–Kier alpha value is -1.46. The van der Waals surface area contributed by atoms with E-state index in [-0.39, 0.29) is 0 Å². The number of thioether (sulfide) groups is 1. The van der Waals surface area contributed by atoms with Gasteiger partial charge in [-0.25, -0.2) is 4.98 Å². The first-order valence-corrected chi connectivity index (χ1v) is 6.72. The van der Waals surface area contributed by atoms with Crippen LogP contribution in [0.15, 0.2) is 35.5 Å². The minimum Gasteiger partial charge on any atom is -0.493 e. The lowest BCUT2D eigenvalue weighted by Crippen LogP contribution is -1.94. The average Bonchev–Trinajstić information content (AvgIpc) is 2.38. The van der Waals surface area contributed by atoms with E-state index in [1.165, 1.54) is 11.8 Å². The summed E-state index contributed by atoms with van der Waals surface area (Å²) >= 11 is 7.29. The van der Waals surface area contributed by atoms with Gasteiger partial charge in [-0.3, -0.25) is 0 Å². The molecule has 0 fully saturated rings. The Bertz CT molecular complexity index is 551. The van der Waals surface area contributed by atoms with Crippen LogP contribution in [-0.2, 0) is 0 Å². The number of ether oxygens (including phenoxy) is 2. The van der Waals surface area contributed by atoms with Gasteiger partial charge in [0, 0.05) is 6.07 Å². The molecule has 1 aromatic carbocycles. The molecule has 18 heavy (non-hydrogen) atoms. The molecule has 0 amide bonds. The van der Waals surface area contributed by atoms with Gasteiger partial charge in [-0.15, -0.1) is 0 Å². The van der Waals surface area contributed by atoms with E-state index in [0.717, 1.165) is 0 Å². The molecule has 0 saturated heterocycles. The first-order valence-electron chi connectivity index (χ1n) is 5.12. The van der Waals surface area contributed by atoms with Gasteiger partial charge >= 0.3 is 0 Å². The molecule has 0 saturated carbocycles. The number of hydrogen-bond acceptors (Lipinski definition) is 5. The van der Waals surface area contributed by atoms with Crippen molar-refractivity contribution in [2.75, 3.05) is 13.4 Å². The first kappa shape index (κ1) is 13.0. The van der Waals surface area contributed by atoms with Crippen LogP contribution < -0.4 is 9.47 Å². The van der Waals surface area contributed by atoms with Gasteiger partial charge < -0.3 is 9.47 Å². The summed E-state index contributed by atoms with van der Waals surface area (Å²) in [7, 11) is 1.59. The summed E-state index contributed by atoms with van der Waals surface area (Å²) in [5, 5.41) is 0.909. The number of hydrogen-bond donors (Lipinski definition) is 0. The van der Waals surface area contributed by atoms with Gasteiger partial charge in [-0.1, -0.05) is 35.5 Å². The van der Waals surface area contributed by atoms with E-state index >= 15 is 0 Å². The Morgan fingerprint density at radius 2 is 1.89 bits per heavy atom. The van der Waals surface area contributed by atoms with Gasteiger partial charge in [0.1, 0.15) is 5.15 Å². The number of aromatic nitrogens is 2. The quantitative estimate of drug-likeness (QED) is 0.486. The summed E-state index contributed by atoms with van der Waals surface area (Å²) in [5.41, 5.74) is 0. The van der Waals surface area contributed by atoms with Crippen molar-refractivity contribution in [1.29, 1.82) is 0 Å². The molecule has 0 atom stereocenters. The second kappa shape index (κ2) is 5.93. The molecule has 2 aromatic rings. The Morgan fingerprint density at radius 3 is 2.56 bits per heavy atom. The minimum atomic E-state index is 0.347. The fourth-order valence-electron chi connectivity index (χ4n) is 1.34. The molecule has 2 rings (SSSR count). The van der Waals surface area contributed by atoms with Gasteiger partial charge in [0.05, 0.1) is 7.11 Å². The summed E-state index contributed by atoms with van der Waals surface area (Å²) < 4.78 is 10.8. The van der Waals surface area contributed by atoms with Crippen molar-refractivity contribution in [2.24, 2.45) is 0 Å². The smallest absolute Gasteiger partial charge is 0.224 e. The van der Waals surface area contributed by atoms with Gasteiger partial charge in [-0.2, -0.15) is 4.98 Å². The fourth-order valence-corrected chi connectivity index (χ4v) is 1.93. The molecule has 0 unspecified atom stereocenters. The van der Waals surface area contributed by atoms with Crippen molar-refractivity contribution in [2.45, 2.75) is 5.16 Å².